The third-order valence-electron chi connectivity index (χ3n) is 2.10. The number of nitrogens with zero attached hydrogens (tertiary/aromatic N) is 1. The molecule has 2 aromatic rings. The summed E-state index contributed by atoms with van der Waals surface area (Å²) in [4.78, 5) is 4.29. The second-order valence-electron chi connectivity index (χ2n) is 2.98. The number of allylic oxidation sites excluding steroid dienone is 1. The van der Waals surface area contributed by atoms with Gasteiger partial charge >= 0.3 is 0 Å². The maximum Gasteiger partial charge on any atom is 0.0704 e. The summed E-state index contributed by atoms with van der Waals surface area (Å²) in [7, 11) is 0. The molecule has 13 heavy (non-hydrogen) atoms. The molecular formula is C12H11N. The third-order valence-corrected chi connectivity index (χ3v) is 2.10. The first-order valence-electron chi connectivity index (χ1n) is 4.35. The van der Waals surface area contributed by atoms with Crippen LogP contribution in [0.4, 0.5) is 0 Å². The van der Waals surface area contributed by atoms with Gasteiger partial charge in [0, 0.05) is 11.6 Å². The van der Waals surface area contributed by atoms with E-state index in [1.54, 1.807) is 0 Å². The fraction of sp³-hybridized carbons (Fsp3) is 0.0833. The molecule has 2 rings (SSSR count). The van der Waals surface area contributed by atoms with Crippen molar-refractivity contribution in [3.05, 3.63) is 54.7 Å². The van der Waals surface area contributed by atoms with Crippen molar-refractivity contribution in [3.63, 3.8) is 0 Å². The lowest BCUT2D eigenvalue weighted by molar-refractivity contribution is 1.27. The van der Waals surface area contributed by atoms with E-state index in [2.05, 4.69) is 17.6 Å². The molecule has 0 fully saturated rings. The number of rotatable bonds is 2. The van der Waals surface area contributed by atoms with Gasteiger partial charge < -0.3 is 0 Å². The zero-order chi connectivity index (χ0) is 9.10. The van der Waals surface area contributed by atoms with Gasteiger partial charge in [0.15, 0.2) is 0 Å². The fourth-order valence-corrected chi connectivity index (χ4v) is 1.49. The van der Waals surface area contributed by atoms with E-state index in [1.165, 1.54) is 10.9 Å². The van der Waals surface area contributed by atoms with Gasteiger partial charge in [0.1, 0.15) is 0 Å². The molecule has 1 heterocycles. The zero-order valence-electron chi connectivity index (χ0n) is 7.40. The lowest BCUT2D eigenvalue weighted by Gasteiger charge is -2.01. The normalized spacial score (nSPS) is 10.2. The molecule has 0 amide bonds. The smallest absolute Gasteiger partial charge is 0.0704 e. The van der Waals surface area contributed by atoms with Crippen LogP contribution in [0.5, 0.6) is 0 Å². The first-order chi connectivity index (χ1) is 6.42. The van der Waals surface area contributed by atoms with Crippen molar-refractivity contribution < 1.29 is 0 Å². The van der Waals surface area contributed by atoms with Crippen molar-refractivity contribution in [1.82, 2.24) is 4.98 Å². The van der Waals surface area contributed by atoms with E-state index in [0.717, 1.165) is 11.9 Å². The van der Waals surface area contributed by atoms with Crippen molar-refractivity contribution >= 4 is 10.9 Å². The highest BCUT2D eigenvalue weighted by Gasteiger charge is 1.97. The molecule has 0 radical (unpaired) electrons. The van der Waals surface area contributed by atoms with E-state index < -0.39 is 0 Å². The van der Waals surface area contributed by atoms with Crippen LogP contribution in [0.1, 0.15) is 5.56 Å². The molecule has 1 aromatic carbocycles. The zero-order valence-corrected chi connectivity index (χ0v) is 7.40. The summed E-state index contributed by atoms with van der Waals surface area (Å²) >= 11 is 0. The van der Waals surface area contributed by atoms with Gasteiger partial charge in [-0.3, -0.25) is 4.98 Å². The lowest BCUT2D eigenvalue weighted by atomic mass is 10.1. The molecule has 0 N–H and O–H groups in total. The summed E-state index contributed by atoms with van der Waals surface area (Å²) < 4.78 is 0. The Morgan fingerprint density at radius 2 is 2.08 bits per heavy atom. The second kappa shape index (κ2) is 3.40. The Labute approximate surface area is 77.7 Å². The highest BCUT2D eigenvalue weighted by molar-refractivity contribution is 5.81. The Balaban J connectivity index is 2.68. The van der Waals surface area contributed by atoms with Gasteiger partial charge in [-0.1, -0.05) is 24.3 Å². The Morgan fingerprint density at radius 3 is 2.92 bits per heavy atom. The summed E-state index contributed by atoms with van der Waals surface area (Å²) in [6, 6.07) is 10.2. The highest BCUT2D eigenvalue weighted by atomic mass is 14.6. The number of aromatic nitrogens is 1. The summed E-state index contributed by atoms with van der Waals surface area (Å²) in [6.07, 6.45) is 4.67. The van der Waals surface area contributed by atoms with Crippen LogP contribution >= 0.6 is 0 Å². The van der Waals surface area contributed by atoms with E-state index in [-0.39, 0.29) is 0 Å². The summed E-state index contributed by atoms with van der Waals surface area (Å²) in [6.45, 7) is 3.74. The average molecular weight is 169 g/mol. The van der Waals surface area contributed by atoms with Gasteiger partial charge in [0.2, 0.25) is 0 Å². The van der Waals surface area contributed by atoms with E-state index in [0.29, 0.717) is 0 Å². The number of benzene rings is 1. The molecule has 0 aliphatic carbocycles. The van der Waals surface area contributed by atoms with Crippen LogP contribution in [0, 0.1) is 0 Å². The number of hydrogen-bond acceptors (Lipinski definition) is 1. The van der Waals surface area contributed by atoms with Crippen molar-refractivity contribution in [2.75, 3.05) is 0 Å². The van der Waals surface area contributed by atoms with Crippen LogP contribution in [0.25, 0.3) is 10.9 Å². The van der Waals surface area contributed by atoms with Gasteiger partial charge in [-0.05, 0) is 24.1 Å². The van der Waals surface area contributed by atoms with E-state index in [9.17, 15) is 0 Å². The molecule has 0 spiro atoms. The van der Waals surface area contributed by atoms with Crippen LogP contribution in [-0.2, 0) is 6.42 Å². The Hall–Kier alpha value is -1.63. The standard InChI is InChI=1S/C12H11N/c1-2-5-10-8-9-13-12-7-4-3-6-11(10)12/h2-4,6-9H,1,5H2. The monoisotopic (exact) mass is 169 g/mol. The minimum atomic E-state index is 0.906. The third kappa shape index (κ3) is 1.45. The van der Waals surface area contributed by atoms with Crippen molar-refractivity contribution in [2.24, 2.45) is 0 Å². The maximum absolute atomic E-state index is 4.29. The lowest BCUT2D eigenvalue weighted by Crippen LogP contribution is -1.85. The van der Waals surface area contributed by atoms with E-state index in [4.69, 9.17) is 0 Å². The van der Waals surface area contributed by atoms with Crippen LogP contribution < -0.4 is 0 Å². The van der Waals surface area contributed by atoms with Gasteiger partial charge in [-0.15, -0.1) is 6.58 Å². The number of para-hydroxylation sites is 1. The largest absolute Gasteiger partial charge is 0.256 e. The molecule has 1 heteroatoms. The Bertz CT molecular complexity index is 427. The fourth-order valence-electron chi connectivity index (χ4n) is 1.49. The Morgan fingerprint density at radius 1 is 1.23 bits per heavy atom. The molecule has 0 unspecified atom stereocenters. The van der Waals surface area contributed by atoms with Gasteiger partial charge in [0.25, 0.3) is 0 Å². The molecule has 0 saturated carbocycles. The van der Waals surface area contributed by atoms with E-state index in [1.807, 2.05) is 36.5 Å². The minimum Gasteiger partial charge on any atom is -0.256 e. The van der Waals surface area contributed by atoms with Gasteiger partial charge in [-0.2, -0.15) is 0 Å². The Kier molecular flexibility index (Phi) is 2.09. The molecule has 0 atom stereocenters. The predicted molar refractivity (Wildman–Crippen MR) is 55.6 cm³/mol. The molecule has 64 valence electrons. The summed E-state index contributed by atoms with van der Waals surface area (Å²) in [5.41, 5.74) is 2.35. The van der Waals surface area contributed by atoms with Crippen LogP contribution in [0.3, 0.4) is 0 Å². The van der Waals surface area contributed by atoms with Crippen LogP contribution in [0.2, 0.25) is 0 Å². The first-order valence-corrected chi connectivity index (χ1v) is 4.35. The van der Waals surface area contributed by atoms with Crippen LogP contribution in [0.15, 0.2) is 49.2 Å². The number of pyridine rings is 1. The van der Waals surface area contributed by atoms with E-state index >= 15 is 0 Å². The summed E-state index contributed by atoms with van der Waals surface area (Å²) in [5.74, 6) is 0. The molecule has 0 saturated heterocycles. The van der Waals surface area contributed by atoms with Gasteiger partial charge in [0.05, 0.1) is 5.52 Å². The van der Waals surface area contributed by atoms with Gasteiger partial charge in [-0.25, -0.2) is 0 Å². The van der Waals surface area contributed by atoms with Crippen molar-refractivity contribution in [2.45, 2.75) is 6.42 Å². The molecule has 0 aliphatic rings. The average Bonchev–Trinajstić information content (AvgIpc) is 2.19. The molecular weight excluding hydrogens is 158 g/mol. The maximum atomic E-state index is 4.29. The number of hydrogen-bond donors (Lipinski definition) is 0. The molecule has 0 aliphatic heterocycles. The molecule has 1 nitrogen and oxygen atoms in total. The second-order valence-corrected chi connectivity index (χ2v) is 2.98. The molecule has 1 aromatic heterocycles. The SMILES string of the molecule is C=CCc1ccnc2ccccc12. The first kappa shape index (κ1) is 7.99. The summed E-state index contributed by atoms with van der Waals surface area (Å²) in [5, 5.41) is 1.23. The minimum absolute atomic E-state index is 0.906. The quantitative estimate of drug-likeness (QED) is 0.630. The van der Waals surface area contributed by atoms with Crippen molar-refractivity contribution in [1.29, 1.82) is 0 Å². The predicted octanol–water partition coefficient (Wildman–Crippen LogP) is 2.96. The number of fused-ring (bicyclic) bond motifs is 1. The molecule has 0 bridgehead atoms. The van der Waals surface area contributed by atoms with Crippen LogP contribution in [-0.4, -0.2) is 4.98 Å². The van der Waals surface area contributed by atoms with Crippen molar-refractivity contribution in [3.8, 4) is 0 Å². The highest BCUT2D eigenvalue weighted by Crippen LogP contribution is 2.16. The topological polar surface area (TPSA) is 12.9 Å².